The Balaban J connectivity index is 1.29. The molecule has 3 N–H and O–H groups in total. The predicted octanol–water partition coefficient (Wildman–Crippen LogP) is 3.67. The summed E-state index contributed by atoms with van der Waals surface area (Å²) in [6.45, 7) is 3.46. The Labute approximate surface area is 201 Å². The Kier molecular flexibility index (Phi) is 7.29. The summed E-state index contributed by atoms with van der Waals surface area (Å²) in [7, 11) is 0. The molecule has 1 aliphatic rings. The second-order valence-electron chi connectivity index (χ2n) is 8.26. The number of hydrogen-bond acceptors (Lipinski definition) is 5. The quantitative estimate of drug-likeness (QED) is 0.467. The number of halogens is 2. The van der Waals surface area contributed by atoms with E-state index in [0.29, 0.717) is 18.0 Å². The number of para-hydroxylation sites is 2. The van der Waals surface area contributed by atoms with Crippen molar-refractivity contribution in [2.45, 2.75) is 31.9 Å². The lowest BCUT2D eigenvalue weighted by Gasteiger charge is -2.33. The Hall–Kier alpha value is -2.52. The number of hydrogen-bond donors (Lipinski definition) is 3. The molecule has 1 aliphatic heterocycles. The zero-order valence-corrected chi connectivity index (χ0v) is 19.7. The molecule has 0 radical (unpaired) electrons. The van der Waals surface area contributed by atoms with Crippen LogP contribution in [0, 0.1) is 0 Å². The highest BCUT2D eigenvalue weighted by molar-refractivity contribution is 6.40. The first-order chi connectivity index (χ1) is 15.8. The lowest BCUT2D eigenvalue weighted by Crippen LogP contribution is -2.42. The van der Waals surface area contributed by atoms with Crippen LogP contribution in [-0.4, -0.2) is 57.8 Å². The average molecular weight is 493 g/mol. The summed E-state index contributed by atoms with van der Waals surface area (Å²) >= 11 is 12.4. The minimum Gasteiger partial charge on any atom is -0.491 e. The maximum atomic E-state index is 12.4. The summed E-state index contributed by atoms with van der Waals surface area (Å²) in [5.41, 5.74) is 2.03. The molecule has 1 amide bonds. The number of ether oxygens (including phenoxy) is 1. The summed E-state index contributed by atoms with van der Waals surface area (Å²) in [6, 6.07) is 10.9. The molecule has 10 heteroatoms. The SMILES string of the molecule is CC(=O)Nc1c(Cl)cc(OCC(O)CN2CCC(n3c(=O)[nH]c4ccccc43)CC2)cc1Cl. The number of amides is 1. The highest BCUT2D eigenvalue weighted by atomic mass is 35.5. The number of aliphatic hydroxyl groups excluding tert-OH is 1. The summed E-state index contributed by atoms with van der Waals surface area (Å²) in [5, 5.41) is 13.6. The first-order valence-electron chi connectivity index (χ1n) is 10.8. The van der Waals surface area contributed by atoms with Crippen LogP contribution in [0.25, 0.3) is 11.0 Å². The number of anilines is 1. The summed E-state index contributed by atoms with van der Waals surface area (Å²) in [5.74, 6) is 0.136. The second-order valence-corrected chi connectivity index (χ2v) is 9.07. The van der Waals surface area contributed by atoms with Gasteiger partial charge in [0.1, 0.15) is 18.5 Å². The van der Waals surface area contributed by atoms with Gasteiger partial charge in [-0.05, 0) is 25.0 Å². The van der Waals surface area contributed by atoms with Gasteiger partial charge in [0.05, 0.1) is 26.8 Å². The van der Waals surface area contributed by atoms with E-state index in [4.69, 9.17) is 27.9 Å². The van der Waals surface area contributed by atoms with E-state index in [1.807, 2.05) is 28.8 Å². The third kappa shape index (κ3) is 5.52. The number of likely N-dealkylation sites (tertiary alicyclic amines) is 1. The molecular weight excluding hydrogens is 467 g/mol. The molecule has 2 aromatic carbocycles. The summed E-state index contributed by atoms with van der Waals surface area (Å²) < 4.78 is 7.52. The summed E-state index contributed by atoms with van der Waals surface area (Å²) in [4.78, 5) is 28.8. The number of nitrogens with one attached hydrogen (secondary N) is 2. The topological polar surface area (TPSA) is 99.6 Å². The summed E-state index contributed by atoms with van der Waals surface area (Å²) in [6.07, 6.45) is 0.945. The van der Waals surface area contributed by atoms with Gasteiger partial charge in [0, 0.05) is 44.7 Å². The maximum absolute atomic E-state index is 12.4. The molecule has 8 nitrogen and oxygen atoms in total. The predicted molar refractivity (Wildman–Crippen MR) is 130 cm³/mol. The first kappa shape index (κ1) is 23.6. The number of carbonyl (C=O) groups excluding carboxylic acids is 1. The fraction of sp³-hybridized carbons (Fsp3) is 0.391. The number of β-amino-alcohol motifs (C(OH)–C–C–N with tert-alkyl or cyclic N) is 1. The minimum absolute atomic E-state index is 0.0774. The Morgan fingerprint density at radius 3 is 2.58 bits per heavy atom. The number of H-pyrrole nitrogens is 1. The lowest BCUT2D eigenvalue weighted by atomic mass is 10.0. The largest absolute Gasteiger partial charge is 0.491 e. The third-order valence-electron chi connectivity index (χ3n) is 5.77. The van der Waals surface area contributed by atoms with Gasteiger partial charge in [0.25, 0.3) is 0 Å². The normalized spacial score (nSPS) is 16.1. The number of imidazole rings is 1. The van der Waals surface area contributed by atoms with Gasteiger partial charge in [-0.2, -0.15) is 0 Å². The molecule has 1 aromatic heterocycles. The van der Waals surface area contributed by atoms with Crippen molar-refractivity contribution in [1.29, 1.82) is 0 Å². The third-order valence-corrected chi connectivity index (χ3v) is 6.37. The van der Waals surface area contributed by atoms with Crippen molar-refractivity contribution in [2.24, 2.45) is 0 Å². The number of fused-ring (bicyclic) bond motifs is 1. The molecular formula is C23H26Cl2N4O4. The van der Waals surface area contributed by atoms with Gasteiger partial charge >= 0.3 is 5.69 Å². The van der Waals surface area contributed by atoms with E-state index in [2.05, 4.69) is 15.2 Å². The molecule has 1 saturated heterocycles. The number of rotatable bonds is 7. The van der Waals surface area contributed by atoms with E-state index >= 15 is 0 Å². The van der Waals surface area contributed by atoms with Gasteiger partial charge in [-0.15, -0.1) is 0 Å². The van der Waals surface area contributed by atoms with Crippen LogP contribution in [0.1, 0.15) is 25.8 Å². The molecule has 33 heavy (non-hydrogen) atoms. The minimum atomic E-state index is -0.704. The van der Waals surface area contributed by atoms with Gasteiger partial charge in [0.15, 0.2) is 0 Å². The monoisotopic (exact) mass is 492 g/mol. The van der Waals surface area contributed by atoms with Crippen LogP contribution >= 0.6 is 23.2 Å². The zero-order valence-electron chi connectivity index (χ0n) is 18.2. The average Bonchev–Trinajstić information content (AvgIpc) is 3.11. The fourth-order valence-electron chi connectivity index (χ4n) is 4.27. The van der Waals surface area contributed by atoms with E-state index in [0.717, 1.165) is 37.0 Å². The molecule has 2 heterocycles. The van der Waals surface area contributed by atoms with Gasteiger partial charge in [-0.25, -0.2) is 4.79 Å². The van der Waals surface area contributed by atoms with Crippen LogP contribution in [0.5, 0.6) is 5.75 Å². The van der Waals surface area contributed by atoms with E-state index in [1.165, 1.54) is 6.92 Å². The van der Waals surface area contributed by atoms with Crippen LogP contribution in [0.2, 0.25) is 10.0 Å². The van der Waals surface area contributed by atoms with Gasteiger partial charge in [-0.1, -0.05) is 35.3 Å². The Morgan fingerprint density at radius 2 is 1.91 bits per heavy atom. The Bertz CT molecular complexity index is 1180. The number of carbonyl (C=O) groups is 1. The van der Waals surface area contributed by atoms with E-state index < -0.39 is 6.10 Å². The number of nitrogens with zero attached hydrogens (tertiary/aromatic N) is 2. The van der Waals surface area contributed by atoms with Crippen LogP contribution in [0.15, 0.2) is 41.2 Å². The standard InChI is InChI=1S/C23H26Cl2N4O4/c1-14(30)26-22-18(24)10-17(11-19(22)25)33-13-16(31)12-28-8-6-15(7-9-28)29-21-5-3-2-4-20(21)27-23(29)32/h2-5,10-11,15-16,31H,6-9,12-13H2,1H3,(H,26,30)(H,27,32). The molecule has 0 saturated carbocycles. The van der Waals surface area contributed by atoms with Gasteiger partial charge in [0.2, 0.25) is 5.91 Å². The van der Waals surface area contributed by atoms with Crippen molar-refractivity contribution in [3.8, 4) is 5.75 Å². The van der Waals surface area contributed by atoms with Crippen molar-refractivity contribution in [3.05, 3.63) is 56.9 Å². The molecule has 3 aromatic rings. The molecule has 1 fully saturated rings. The number of aromatic amines is 1. The smallest absolute Gasteiger partial charge is 0.326 e. The highest BCUT2D eigenvalue weighted by Crippen LogP contribution is 2.35. The molecule has 0 spiro atoms. The molecule has 1 atom stereocenters. The van der Waals surface area contributed by atoms with Crippen molar-refractivity contribution < 1.29 is 14.6 Å². The maximum Gasteiger partial charge on any atom is 0.326 e. The number of benzene rings is 2. The number of aliphatic hydroxyl groups is 1. The van der Waals surface area contributed by atoms with Crippen molar-refractivity contribution in [1.82, 2.24) is 14.5 Å². The van der Waals surface area contributed by atoms with Gasteiger partial charge in [-0.3, -0.25) is 9.36 Å². The van der Waals surface area contributed by atoms with Crippen molar-refractivity contribution in [2.75, 3.05) is 31.6 Å². The molecule has 0 aliphatic carbocycles. The fourth-order valence-corrected chi connectivity index (χ4v) is 4.83. The zero-order chi connectivity index (χ0) is 23.5. The second kappa shape index (κ2) is 10.2. The molecule has 4 rings (SSSR count). The van der Waals surface area contributed by atoms with Crippen molar-refractivity contribution >= 4 is 45.8 Å². The molecule has 1 unspecified atom stereocenters. The van der Waals surface area contributed by atoms with Crippen LogP contribution in [-0.2, 0) is 4.79 Å². The molecule has 0 bridgehead atoms. The van der Waals surface area contributed by atoms with E-state index in [-0.39, 0.29) is 34.3 Å². The van der Waals surface area contributed by atoms with Crippen LogP contribution < -0.4 is 15.7 Å². The van der Waals surface area contributed by atoms with E-state index in [1.54, 1.807) is 12.1 Å². The van der Waals surface area contributed by atoms with Gasteiger partial charge < -0.3 is 25.0 Å². The Morgan fingerprint density at radius 1 is 1.24 bits per heavy atom. The molecule has 176 valence electrons. The first-order valence-corrected chi connectivity index (χ1v) is 11.6. The van der Waals surface area contributed by atoms with Crippen LogP contribution in [0.3, 0.4) is 0 Å². The lowest BCUT2D eigenvalue weighted by molar-refractivity contribution is -0.114. The van der Waals surface area contributed by atoms with E-state index in [9.17, 15) is 14.7 Å². The number of aromatic nitrogens is 2. The highest BCUT2D eigenvalue weighted by Gasteiger charge is 2.25. The van der Waals surface area contributed by atoms with Crippen LogP contribution in [0.4, 0.5) is 5.69 Å². The number of piperidine rings is 1. The van der Waals surface area contributed by atoms with Crippen molar-refractivity contribution in [3.63, 3.8) is 0 Å².